The van der Waals surface area contributed by atoms with Crippen LogP contribution in [0, 0.1) is 36.5 Å². The van der Waals surface area contributed by atoms with Gasteiger partial charge in [0.15, 0.2) is 11.6 Å². The molecule has 1 aliphatic heterocycles. The summed E-state index contributed by atoms with van der Waals surface area (Å²) in [6.07, 6.45) is 8.24. The minimum Gasteiger partial charge on any atom is -0.448 e. The van der Waals surface area contributed by atoms with Crippen LogP contribution in [0.3, 0.4) is 0 Å². The quantitative estimate of drug-likeness (QED) is 0.0496. The highest BCUT2D eigenvalue weighted by molar-refractivity contribution is 6.03. The fourth-order valence-corrected chi connectivity index (χ4v) is 9.50. The molecule has 0 unspecified atom stereocenters. The Morgan fingerprint density at radius 3 is 1.68 bits per heavy atom. The Bertz CT molecular complexity index is 2240. The van der Waals surface area contributed by atoms with Gasteiger partial charge in [0.05, 0.1) is 0 Å². The second kappa shape index (κ2) is 30.3. The molecule has 1 aromatic heterocycles. The van der Waals surface area contributed by atoms with E-state index in [1.807, 2.05) is 41.5 Å². The Kier molecular flexibility index (Phi) is 25.7. The average Bonchev–Trinajstić information content (AvgIpc) is 4.00. The SMILES string of the molecule is Cc1nc(C(=O)N2CCC[C@H]2NC(=O)[C@@H](CCC2CCCCC2)C(=O)N[C@@H](CC(C)C)C(=O)NC(C)(C)C(=O)N[C@@H](CC(C)C)C(=O)N[C@@H](CC(C)C)C(=O)NC(C)(C)C(=O)NC(C)(C)C(=O)NCCC(=O)NCCN)co1. The predicted molar refractivity (Wildman–Crippen MR) is 293 cm³/mol. The number of hydrogen-bond acceptors (Lipinski definition) is 13. The molecule has 78 heavy (non-hydrogen) atoms. The van der Waals surface area contributed by atoms with Gasteiger partial charge in [0, 0.05) is 39.5 Å². The number of aryl methyl sites for hydroxylation is 1. The van der Waals surface area contributed by atoms with Gasteiger partial charge in [0.25, 0.3) is 5.91 Å². The summed E-state index contributed by atoms with van der Waals surface area (Å²) < 4.78 is 5.26. The number of nitrogens with one attached hydrogen (secondary N) is 9. The molecule has 440 valence electrons. The minimum absolute atomic E-state index is 0.00138. The maximum atomic E-state index is 14.4. The average molecular weight is 1100 g/mol. The highest BCUT2D eigenvalue weighted by Crippen LogP contribution is 2.29. The highest BCUT2D eigenvalue weighted by Gasteiger charge is 2.42. The third kappa shape index (κ3) is 21.3. The van der Waals surface area contributed by atoms with Crippen LogP contribution in [0.4, 0.5) is 0 Å². The van der Waals surface area contributed by atoms with Crippen molar-refractivity contribution in [2.24, 2.45) is 35.3 Å². The number of amides is 10. The summed E-state index contributed by atoms with van der Waals surface area (Å²) in [5, 5.41) is 24.7. The van der Waals surface area contributed by atoms with Crippen LogP contribution in [0.1, 0.15) is 183 Å². The van der Waals surface area contributed by atoms with Crippen molar-refractivity contribution in [1.82, 2.24) is 57.7 Å². The third-order valence-electron chi connectivity index (χ3n) is 14.0. The third-order valence-corrected chi connectivity index (χ3v) is 14.0. The monoisotopic (exact) mass is 1100 g/mol. The zero-order chi connectivity index (χ0) is 58.7. The molecule has 2 heterocycles. The van der Waals surface area contributed by atoms with E-state index < -0.39 is 100.0 Å². The zero-order valence-electron chi connectivity index (χ0n) is 48.8. The molecule has 0 aromatic carbocycles. The molecule has 5 atom stereocenters. The molecule has 10 amide bonds. The molecular formula is C55H94N12O11. The number of hydrogen-bond donors (Lipinski definition) is 10. The van der Waals surface area contributed by atoms with Crippen LogP contribution in [0.2, 0.25) is 0 Å². The molecule has 2 fully saturated rings. The van der Waals surface area contributed by atoms with E-state index in [0.29, 0.717) is 44.2 Å². The summed E-state index contributed by atoms with van der Waals surface area (Å²) in [6, 6.07) is -3.51. The lowest BCUT2D eigenvalue weighted by atomic mass is 9.83. The lowest BCUT2D eigenvalue weighted by Gasteiger charge is -2.34. The summed E-state index contributed by atoms with van der Waals surface area (Å²) in [5.41, 5.74) is 0.843. The number of carbonyl (C=O) groups excluding carboxylic acids is 10. The van der Waals surface area contributed by atoms with E-state index in [-0.39, 0.29) is 74.5 Å². The van der Waals surface area contributed by atoms with E-state index in [1.165, 1.54) is 52.7 Å². The van der Waals surface area contributed by atoms with Crippen LogP contribution >= 0.6 is 0 Å². The zero-order valence-corrected chi connectivity index (χ0v) is 48.8. The van der Waals surface area contributed by atoms with E-state index in [9.17, 15) is 47.9 Å². The fourth-order valence-electron chi connectivity index (χ4n) is 9.50. The van der Waals surface area contributed by atoms with E-state index in [1.54, 1.807) is 6.92 Å². The Labute approximate surface area is 461 Å². The molecule has 0 spiro atoms. The molecule has 1 saturated carbocycles. The Morgan fingerprint density at radius 2 is 1.15 bits per heavy atom. The number of aromatic nitrogens is 1. The van der Waals surface area contributed by atoms with Gasteiger partial charge in [-0.25, -0.2) is 4.98 Å². The van der Waals surface area contributed by atoms with Gasteiger partial charge < -0.3 is 62.9 Å². The summed E-state index contributed by atoms with van der Waals surface area (Å²) >= 11 is 0. The molecule has 0 radical (unpaired) electrons. The van der Waals surface area contributed by atoms with Gasteiger partial charge in [0.1, 0.15) is 53.1 Å². The molecule has 0 bridgehead atoms. The van der Waals surface area contributed by atoms with Crippen molar-refractivity contribution in [3.63, 3.8) is 0 Å². The molecule has 3 rings (SSSR count). The number of oxazole rings is 1. The largest absolute Gasteiger partial charge is 0.448 e. The first-order valence-corrected chi connectivity index (χ1v) is 28.0. The summed E-state index contributed by atoms with van der Waals surface area (Å²) in [6.45, 7) is 22.5. The van der Waals surface area contributed by atoms with Gasteiger partial charge in [-0.05, 0) is 110 Å². The van der Waals surface area contributed by atoms with Crippen molar-refractivity contribution >= 4 is 59.1 Å². The van der Waals surface area contributed by atoms with Crippen molar-refractivity contribution in [2.45, 2.75) is 214 Å². The maximum Gasteiger partial charge on any atom is 0.277 e. The smallest absolute Gasteiger partial charge is 0.277 e. The van der Waals surface area contributed by atoms with E-state index in [2.05, 4.69) is 52.8 Å². The van der Waals surface area contributed by atoms with Crippen molar-refractivity contribution in [1.29, 1.82) is 0 Å². The molecule has 23 nitrogen and oxygen atoms in total. The first-order chi connectivity index (χ1) is 36.4. The Balaban J connectivity index is 1.75. The molecule has 2 aliphatic rings. The Hall–Kier alpha value is -6.13. The molecule has 1 aliphatic carbocycles. The van der Waals surface area contributed by atoms with Gasteiger partial charge >= 0.3 is 0 Å². The summed E-state index contributed by atoms with van der Waals surface area (Å²) in [7, 11) is 0. The van der Waals surface area contributed by atoms with Gasteiger partial charge in [-0.1, -0.05) is 73.6 Å². The van der Waals surface area contributed by atoms with Crippen molar-refractivity contribution < 1.29 is 52.4 Å². The fraction of sp³-hybridized carbons (Fsp3) is 0.764. The van der Waals surface area contributed by atoms with Gasteiger partial charge in [0.2, 0.25) is 53.2 Å². The molecule has 1 saturated heterocycles. The van der Waals surface area contributed by atoms with Gasteiger partial charge in [-0.3, -0.25) is 47.9 Å². The van der Waals surface area contributed by atoms with Crippen LogP contribution in [-0.4, -0.2) is 136 Å². The first-order valence-electron chi connectivity index (χ1n) is 28.0. The molecule has 11 N–H and O–H groups in total. The standard InChI is InChI=1S/C55H94N12O11/c1-32(2)28-38(46(71)61-40(30-34(5)6)48(73)65-55(12,13)52(77)66-53(8,9)50(75)58-25-23-43(68)57-26-24-56)62-51(76)54(10,11)64-47(72)39(29-33(3)4)60-44(69)37(22-21-36-18-15-14-16-19-36)45(70)63-42-20-17-27-67(42)49(74)41-31-78-35(7)59-41/h31-34,36-40,42H,14-30,56H2,1-13H3,(H,57,68)(H,58,75)(H,60,69)(H,61,71)(H,62,76)(H,63,70)(H,64,72)(H,65,73)(H,66,77)/t37-,38-,39-,40-,42-/m0/s1. The normalized spacial score (nSPS) is 16.8. The second-order valence-electron chi connectivity index (χ2n) is 24.0. The highest BCUT2D eigenvalue weighted by atomic mass is 16.3. The Morgan fingerprint density at radius 1 is 0.628 bits per heavy atom. The predicted octanol–water partition coefficient (Wildman–Crippen LogP) is 2.50. The minimum atomic E-state index is -1.65. The van der Waals surface area contributed by atoms with Crippen LogP contribution in [0.5, 0.6) is 0 Å². The van der Waals surface area contributed by atoms with Crippen LogP contribution < -0.4 is 53.6 Å². The maximum absolute atomic E-state index is 14.4. The number of carbonyl (C=O) groups is 10. The second-order valence-corrected chi connectivity index (χ2v) is 24.0. The van der Waals surface area contributed by atoms with Crippen molar-refractivity contribution in [3.8, 4) is 0 Å². The van der Waals surface area contributed by atoms with Crippen LogP contribution in [-0.2, 0) is 43.2 Å². The van der Waals surface area contributed by atoms with Crippen LogP contribution in [0.15, 0.2) is 10.7 Å². The molecule has 1 aromatic rings. The molecular weight excluding hydrogens is 1000 g/mol. The topological polar surface area (TPSA) is 334 Å². The number of likely N-dealkylation sites (tertiary alicyclic amines) is 1. The lowest BCUT2D eigenvalue weighted by Crippen LogP contribution is -2.65. The van der Waals surface area contributed by atoms with E-state index >= 15 is 0 Å². The number of rotatable bonds is 30. The van der Waals surface area contributed by atoms with Crippen molar-refractivity contribution in [2.75, 3.05) is 26.2 Å². The summed E-state index contributed by atoms with van der Waals surface area (Å²) in [4.78, 5) is 143. The first kappa shape index (κ1) is 66.2. The number of nitrogens with two attached hydrogens (primary N) is 1. The summed E-state index contributed by atoms with van der Waals surface area (Å²) in [5.74, 6) is -6.85. The van der Waals surface area contributed by atoms with E-state index in [0.717, 1.165) is 32.1 Å². The number of nitrogens with zero attached hydrogens (tertiary/aromatic N) is 2. The molecule has 23 heteroatoms. The lowest BCUT2D eigenvalue weighted by molar-refractivity contribution is -0.140. The van der Waals surface area contributed by atoms with Crippen molar-refractivity contribution in [3.05, 3.63) is 17.8 Å². The van der Waals surface area contributed by atoms with Gasteiger partial charge in [-0.2, -0.15) is 0 Å². The van der Waals surface area contributed by atoms with E-state index in [4.69, 9.17) is 10.2 Å². The van der Waals surface area contributed by atoms with Crippen LogP contribution in [0.25, 0.3) is 0 Å². The van der Waals surface area contributed by atoms with Gasteiger partial charge in [-0.15, -0.1) is 0 Å².